The van der Waals surface area contributed by atoms with Gasteiger partial charge in [0.2, 0.25) is 0 Å². The summed E-state index contributed by atoms with van der Waals surface area (Å²) in [7, 11) is 0.738. The molecule has 0 atom stereocenters. The quantitative estimate of drug-likeness (QED) is 0.859. The van der Waals surface area contributed by atoms with Gasteiger partial charge in [0.1, 0.15) is 11.3 Å². The Morgan fingerprint density at radius 1 is 1.44 bits per heavy atom. The number of pyridine rings is 1. The highest BCUT2D eigenvalue weighted by Crippen LogP contribution is 2.41. The van der Waals surface area contributed by atoms with Crippen LogP contribution in [-0.2, 0) is 6.18 Å². The second kappa shape index (κ2) is 4.75. The molecule has 1 rings (SSSR count). The Bertz CT molecular complexity index is 472. The summed E-state index contributed by atoms with van der Waals surface area (Å²) in [5.74, 6) is -3.10. The number of carboxylic acid groups (broad SMARTS) is 1. The van der Waals surface area contributed by atoms with Gasteiger partial charge in [0.15, 0.2) is 5.69 Å². The Morgan fingerprint density at radius 3 is 2.33 bits per heavy atom. The summed E-state index contributed by atoms with van der Waals surface area (Å²) in [6.45, 7) is 0. The van der Waals surface area contributed by atoms with E-state index in [1.165, 1.54) is 0 Å². The van der Waals surface area contributed by atoms with Crippen LogP contribution < -0.4 is 4.74 Å². The van der Waals surface area contributed by atoms with Gasteiger partial charge in [-0.05, 0) is 0 Å². The van der Waals surface area contributed by atoms with Crippen molar-refractivity contribution in [3.05, 3.63) is 23.0 Å². The normalized spacial score (nSPS) is 11.7. The number of carboxylic acids is 1. The van der Waals surface area contributed by atoms with E-state index in [0.717, 1.165) is 7.11 Å². The van der Waals surface area contributed by atoms with Crippen LogP contribution in [0.5, 0.6) is 5.75 Å². The fourth-order valence-electron chi connectivity index (χ4n) is 1.30. The van der Waals surface area contributed by atoms with Gasteiger partial charge in [-0.2, -0.15) is 13.2 Å². The summed E-state index contributed by atoms with van der Waals surface area (Å²) in [5.41, 5.74) is -4.11. The van der Waals surface area contributed by atoms with Crippen LogP contribution in [0.25, 0.3) is 0 Å². The summed E-state index contributed by atoms with van der Waals surface area (Å²) < 4.78 is 67.1. The minimum absolute atomic E-state index is 0.147. The second-order valence-corrected chi connectivity index (χ2v) is 3.07. The van der Waals surface area contributed by atoms with Crippen LogP contribution >= 0.6 is 0 Å². The average Bonchev–Trinajstić information content (AvgIpc) is 2.25. The van der Waals surface area contributed by atoms with Crippen LogP contribution in [0.4, 0.5) is 22.0 Å². The highest BCUT2D eigenvalue weighted by atomic mass is 19.4. The zero-order valence-corrected chi connectivity index (χ0v) is 8.76. The SMILES string of the molecule is COc1c(C(F)(F)F)cnc(C(=O)O)c1C(F)F. The van der Waals surface area contributed by atoms with Crippen LogP contribution in [0.1, 0.15) is 28.0 Å². The molecule has 0 aliphatic carbocycles. The maximum atomic E-state index is 12.7. The number of aromatic carboxylic acids is 1. The Morgan fingerprint density at radius 2 is 2.00 bits per heavy atom. The lowest BCUT2D eigenvalue weighted by molar-refractivity contribution is -0.139. The lowest BCUT2D eigenvalue weighted by Crippen LogP contribution is -2.15. The molecule has 0 saturated carbocycles. The van der Waals surface area contributed by atoms with Crippen molar-refractivity contribution in [3.8, 4) is 5.75 Å². The Labute approximate surface area is 97.0 Å². The highest BCUT2D eigenvalue weighted by Gasteiger charge is 2.39. The van der Waals surface area contributed by atoms with Gasteiger partial charge in [-0.15, -0.1) is 0 Å². The van der Waals surface area contributed by atoms with Crippen LogP contribution in [-0.4, -0.2) is 23.2 Å². The Kier molecular flexibility index (Phi) is 3.73. The zero-order chi connectivity index (χ0) is 14.1. The standard InChI is InChI=1S/C9H6F5NO3/c1-18-6-3(9(12,13)14)2-15-5(8(16)17)4(6)7(10)11/h2,7H,1H3,(H,16,17). The number of halogens is 5. The molecule has 1 aromatic rings. The molecule has 0 aliphatic rings. The van der Waals surface area contributed by atoms with Gasteiger partial charge < -0.3 is 9.84 Å². The molecule has 18 heavy (non-hydrogen) atoms. The molecule has 0 aromatic carbocycles. The maximum absolute atomic E-state index is 12.7. The van der Waals surface area contributed by atoms with E-state index in [2.05, 4.69) is 9.72 Å². The van der Waals surface area contributed by atoms with Crippen molar-refractivity contribution in [2.75, 3.05) is 7.11 Å². The number of aromatic nitrogens is 1. The molecule has 1 heterocycles. The van der Waals surface area contributed by atoms with Crippen LogP contribution in [0.15, 0.2) is 6.20 Å². The third-order valence-corrected chi connectivity index (χ3v) is 2.00. The molecule has 9 heteroatoms. The van der Waals surface area contributed by atoms with Crippen LogP contribution in [0.3, 0.4) is 0 Å². The second-order valence-electron chi connectivity index (χ2n) is 3.07. The summed E-state index contributed by atoms with van der Waals surface area (Å²) >= 11 is 0. The van der Waals surface area contributed by atoms with E-state index < -0.39 is 41.1 Å². The fourth-order valence-corrected chi connectivity index (χ4v) is 1.30. The van der Waals surface area contributed by atoms with Crippen molar-refractivity contribution in [2.45, 2.75) is 12.6 Å². The summed E-state index contributed by atoms with van der Waals surface area (Å²) in [6.07, 6.45) is -8.28. The first-order valence-corrected chi connectivity index (χ1v) is 4.35. The molecular weight excluding hydrogens is 265 g/mol. The number of methoxy groups -OCH3 is 1. The minimum atomic E-state index is -4.97. The lowest BCUT2D eigenvalue weighted by atomic mass is 10.1. The number of ether oxygens (including phenoxy) is 1. The molecule has 1 N–H and O–H groups in total. The highest BCUT2D eigenvalue weighted by molar-refractivity contribution is 5.88. The predicted octanol–water partition coefficient (Wildman–Crippen LogP) is 2.74. The molecule has 0 bridgehead atoms. The van der Waals surface area contributed by atoms with E-state index in [-0.39, 0.29) is 6.20 Å². The van der Waals surface area contributed by atoms with Crippen molar-refractivity contribution in [3.63, 3.8) is 0 Å². The number of rotatable bonds is 3. The van der Waals surface area contributed by atoms with Gasteiger partial charge in [0.05, 0.1) is 12.7 Å². The molecule has 0 spiro atoms. The van der Waals surface area contributed by atoms with E-state index in [1.807, 2.05) is 0 Å². The van der Waals surface area contributed by atoms with E-state index in [0.29, 0.717) is 0 Å². The van der Waals surface area contributed by atoms with Gasteiger partial charge in [0, 0.05) is 6.20 Å². The van der Waals surface area contributed by atoms with E-state index in [4.69, 9.17) is 5.11 Å². The van der Waals surface area contributed by atoms with E-state index in [9.17, 15) is 26.7 Å². The topological polar surface area (TPSA) is 59.4 Å². The first-order valence-electron chi connectivity index (χ1n) is 4.35. The summed E-state index contributed by atoms with van der Waals surface area (Å²) in [4.78, 5) is 13.5. The average molecular weight is 271 g/mol. The number of hydrogen-bond acceptors (Lipinski definition) is 3. The van der Waals surface area contributed by atoms with Crippen molar-refractivity contribution < 1.29 is 36.6 Å². The third kappa shape index (κ3) is 2.49. The number of hydrogen-bond donors (Lipinski definition) is 1. The molecule has 0 amide bonds. The van der Waals surface area contributed by atoms with Crippen LogP contribution in [0, 0.1) is 0 Å². The first kappa shape index (κ1) is 14.1. The Hall–Kier alpha value is -1.93. The van der Waals surface area contributed by atoms with Crippen molar-refractivity contribution in [2.24, 2.45) is 0 Å². The number of carbonyl (C=O) groups is 1. The predicted molar refractivity (Wildman–Crippen MR) is 47.7 cm³/mol. The molecule has 4 nitrogen and oxygen atoms in total. The maximum Gasteiger partial charge on any atom is 0.421 e. The molecule has 100 valence electrons. The van der Waals surface area contributed by atoms with Crippen molar-refractivity contribution in [1.29, 1.82) is 0 Å². The van der Waals surface area contributed by atoms with Gasteiger partial charge in [0.25, 0.3) is 6.43 Å². The Balaban J connectivity index is 3.64. The molecule has 0 saturated heterocycles. The zero-order valence-electron chi connectivity index (χ0n) is 8.76. The number of nitrogens with zero attached hydrogens (tertiary/aromatic N) is 1. The molecule has 0 fully saturated rings. The lowest BCUT2D eigenvalue weighted by Gasteiger charge is -2.16. The van der Waals surface area contributed by atoms with Gasteiger partial charge in [-0.25, -0.2) is 18.6 Å². The minimum Gasteiger partial charge on any atom is -0.495 e. The fraction of sp³-hybridized carbons (Fsp3) is 0.333. The van der Waals surface area contributed by atoms with E-state index in [1.54, 1.807) is 0 Å². The molecular formula is C9H6F5NO3. The van der Waals surface area contributed by atoms with Gasteiger partial charge in [-0.1, -0.05) is 0 Å². The molecule has 0 radical (unpaired) electrons. The van der Waals surface area contributed by atoms with Crippen molar-refractivity contribution in [1.82, 2.24) is 4.98 Å². The summed E-state index contributed by atoms with van der Waals surface area (Å²) in [5, 5.41) is 8.60. The summed E-state index contributed by atoms with van der Waals surface area (Å²) in [6, 6.07) is 0. The van der Waals surface area contributed by atoms with E-state index >= 15 is 0 Å². The van der Waals surface area contributed by atoms with Crippen LogP contribution in [0.2, 0.25) is 0 Å². The largest absolute Gasteiger partial charge is 0.495 e. The number of alkyl halides is 5. The van der Waals surface area contributed by atoms with Gasteiger partial charge >= 0.3 is 12.1 Å². The molecule has 0 aliphatic heterocycles. The monoisotopic (exact) mass is 271 g/mol. The molecule has 1 aromatic heterocycles. The smallest absolute Gasteiger partial charge is 0.421 e. The third-order valence-electron chi connectivity index (χ3n) is 2.00. The molecule has 0 unspecified atom stereocenters. The first-order chi connectivity index (χ1) is 8.20. The van der Waals surface area contributed by atoms with Crippen molar-refractivity contribution >= 4 is 5.97 Å². The van der Waals surface area contributed by atoms with Gasteiger partial charge in [-0.3, -0.25) is 0 Å².